The van der Waals surface area contributed by atoms with Crippen LogP contribution < -0.4 is 0 Å². The summed E-state index contributed by atoms with van der Waals surface area (Å²) in [5, 5.41) is 9.97. The minimum Gasteiger partial charge on any atom is -0.259 e. The standard InChI is InChI=1S/C5H8ClNO2/c1-2-3-5(4-6)7(8)9/h4H,2-3H2,1H3/b5-4-. The smallest absolute Gasteiger partial charge is 0.257 e. The summed E-state index contributed by atoms with van der Waals surface area (Å²) in [7, 11) is 0. The van der Waals surface area contributed by atoms with Gasteiger partial charge in [0.15, 0.2) is 0 Å². The number of allylic oxidation sites excluding steroid dienone is 1. The van der Waals surface area contributed by atoms with Crippen LogP contribution in [0, 0.1) is 10.1 Å². The van der Waals surface area contributed by atoms with E-state index in [0.29, 0.717) is 6.42 Å². The summed E-state index contributed by atoms with van der Waals surface area (Å²) >= 11 is 5.14. The number of halogens is 1. The molecule has 9 heavy (non-hydrogen) atoms. The van der Waals surface area contributed by atoms with Gasteiger partial charge in [0.2, 0.25) is 0 Å². The predicted molar refractivity (Wildman–Crippen MR) is 35.8 cm³/mol. The average molecular weight is 150 g/mol. The molecule has 0 rings (SSSR count). The second kappa shape index (κ2) is 4.32. The SMILES string of the molecule is CCC/C(=C/Cl)[N+](=O)[O-]. The third kappa shape index (κ3) is 3.08. The Morgan fingerprint density at radius 3 is 2.56 bits per heavy atom. The molecule has 0 aliphatic rings. The fourth-order valence-electron chi connectivity index (χ4n) is 0.442. The topological polar surface area (TPSA) is 43.1 Å². The minimum atomic E-state index is -0.462. The van der Waals surface area contributed by atoms with Crippen LogP contribution in [0.15, 0.2) is 11.2 Å². The largest absolute Gasteiger partial charge is 0.259 e. The molecule has 0 aliphatic heterocycles. The zero-order valence-corrected chi connectivity index (χ0v) is 5.89. The Morgan fingerprint density at radius 1 is 1.89 bits per heavy atom. The number of rotatable bonds is 3. The molecule has 0 unspecified atom stereocenters. The molecule has 0 aromatic rings. The molecule has 0 fully saturated rings. The van der Waals surface area contributed by atoms with Crippen LogP contribution in [0.1, 0.15) is 19.8 Å². The summed E-state index contributed by atoms with van der Waals surface area (Å²) in [6.07, 6.45) is 1.19. The van der Waals surface area contributed by atoms with Crippen molar-refractivity contribution in [3.05, 3.63) is 21.3 Å². The Bertz CT molecular complexity index is 133. The van der Waals surface area contributed by atoms with Gasteiger partial charge in [0.1, 0.15) is 0 Å². The van der Waals surface area contributed by atoms with Gasteiger partial charge in [0, 0.05) is 6.42 Å². The van der Waals surface area contributed by atoms with Crippen LogP contribution in [-0.4, -0.2) is 4.92 Å². The van der Waals surface area contributed by atoms with Crippen LogP contribution in [0.5, 0.6) is 0 Å². The van der Waals surface area contributed by atoms with Gasteiger partial charge in [-0.2, -0.15) is 0 Å². The monoisotopic (exact) mass is 149 g/mol. The molecule has 0 spiro atoms. The zero-order chi connectivity index (χ0) is 7.28. The number of nitrogens with zero attached hydrogens (tertiary/aromatic N) is 1. The van der Waals surface area contributed by atoms with Crippen LogP contribution in [0.25, 0.3) is 0 Å². The molecule has 0 N–H and O–H groups in total. The van der Waals surface area contributed by atoms with E-state index in [1.807, 2.05) is 6.92 Å². The molecule has 3 nitrogen and oxygen atoms in total. The molecule has 0 saturated heterocycles. The van der Waals surface area contributed by atoms with Gasteiger partial charge in [0.05, 0.1) is 10.5 Å². The predicted octanol–water partition coefficient (Wildman–Crippen LogP) is 2.14. The summed E-state index contributed by atoms with van der Waals surface area (Å²) < 4.78 is 0. The van der Waals surface area contributed by atoms with Crippen molar-refractivity contribution in [1.82, 2.24) is 0 Å². The van der Waals surface area contributed by atoms with Gasteiger partial charge in [-0.3, -0.25) is 10.1 Å². The van der Waals surface area contributed by atoms with Gasteiger partial charge >= 0.3 is 0 Å². The number of nitro groups is 1. The fraction of sp³-hybridized carbons (Fsp3) is 0.600. The van der Waals surface area contributed by atoms with Crippen LogP contribution in [0.3, 0.4) is 0 Å². The molecule has 52 valence electrons. The third-order valence-corrected chi connectivity index (χ3v) is 1.12. The first kappa shape index (κ1) is 8.43. The summed E-state index contributed by atoms with van der Waals surface area (Å²) in [6.45, 7) is 1.86. The Kier molecular flexibility index (Phi) is 4.05. The van der Waals surface area contributed by atoms with Gasteiger partial charge in [-0.05, 0) is 6.42 Å². The van der Waals surface area contributed by atoms with E-state index < -0.39 is 4.92 Å². The first-order valence-corrected chi connectivity index (χ1v) is 3.09. The fourth-order valence-corrected chi connectivity index (χ4v) is 0.631. The third-order valence-electron chi connectivity index (χ3n) is 0.867. The Morgan fingerprint density at radius 2 is 2.44 bits per heavy atom. The molecule has 0 amide bonds. The molecular formula is C5H8ClNO2. The molecule has 0 aliphatic carbocycles. The van der Waals surface area contributed by atoms with Crippen LogP contribution >= 0.6 is 11.6 Å². The van der Waals surface area contributed by atoms with Crippen molar-refractivity contribution in [2.45, 2.75) is 19.8 Å². The van der Waals surface area contributed by atoms with Gasteiger partial charge in [-0.25, -0.2) is 0 Å². The zero-order valence-electron chi connectivity index (χ0n) is 5.13. The van der Waals surface area contributed by atoms with E-state index in [9.17, 15) is 10.1 Å². The molecule has 0 radical (unpaired) electrons. The van der Waals surface area contributed by atoms with Gasteiger partial charge in [-0.1, -0.05) is 18.5 Å². The van der Waals surface area contributed by atoms with E-state index in [0.717, 1.165) is 12.0 Å². The summed E-state index contributed by atoms with van der Waals surface area (Å²) in [5.74, 6) is 0. The van der Waals surface area contributed by atoms with Crippen molar-refractivity contribution in [2.24, 2.45) is 0 Å². The van der Waals surface area contributed by atoms with Gasteiger partial charge < -0.3 is 0 Å². The molecule has 0 bridgehead atoms. The van der Waals surface area contributed by atoms with Crippen LogP contribution in [0.2, 0.25) is 0 Å². The van der Waals surface area contributed by atoms with E-state index in [1.165, 1.54) is 0 Å². The van der Waals surface area contributed by atoms with Crippen LogP contribution in [-0.2, 0) is 0 Å². The highest BCUT2D eigenvalue weighted by molar-refractivity contribution is 6.25. The normalized spacial score (nSPS) is 11.6. The van der Waals surface area contributed by atoms with Crippen LogP contribution in [0.4, 0.5) is 0 Å². The van der Waals surface area contributed by atoms with Crippen molar-refractivity contribution < 1.29 is 4.92 Å². The maximum atomic E-state index is 9.97. The highest BCUT2D eigenvalue weighted by Gasteiger charge is 2.05. The number of hydrogen-bond donors (Lipinski definition) is 0. The Balaban J connectivity index is 3.85. The van der Waals surface area contributed by atoms with Crippen molar-refractivity contribution in [2.75, 3.05) is 0 Å². The lowest BCUT2D eigenvalue weighted by Gasteiger charge is -1.90. The van der Waals surface area contributed by atoms with E-state index in [-0.39, 0.29) is 5.70 Å². The van der Waals surface area contributed by atoms with Crippen molar-refractivity contribution in [3.63, 3.8) is 0 Å². The molecular weight excluding hydrogens is 142 g/mol. The summed E-state index contributed by atoms with van der Waals surface area (Å²) in [4.78, 5) is 9.51. The first-order chi connectivity index (χ1) is 4.22. The van der Waals surface area contributed by atoms with E-state index in [2.05, 4.69) is 0 Å². The minimum absolute atomic E-state index is 0.0826. The maximum absolute atomic E-state index is 9.97. The second-order valence-corrected chi connectivity index (χ2v) is 1.83. The highest BCUT2D eigenvalue weighted by atomic mass is 35.5. The van der Waals surface area contributed by atoms with Crippen molar-refractivity contribution in [1.29, 1.82) is 0 Å². The van der Waals surface area contributed by atoms with E-state index in [1.54, 1.807) is 0 Å². The first-order valence-electron chi connectivity index (χ1n) is 2.66. The molecule has 0 aromatic heterocycles. The molecule has 0 atom stereocenters. The molecule has 0 heterocycles. The molecule has 4 heteroatoms. The van der Waals surface area contributed by atoms with Crippen molar-refractivity contribution >= 4 is 11.6 Å². The Labute approximate surface area is 58.5 Å². The summed E-state index contributed by atoms with van der Waals surface area (Å²) in [5.41, 5.74) is 1.10. The summed E-state index contributed by atoms with van der Waals surface area (Å²) in [6, 6.07) is 0. The molecule has 0 saturated carbocycles. The van der Waals surface area contributed by atoms with E-state index in [4.69, 9.17) is 11.6 Å². The number of hydrogen-bond acceptors (Lipinski definition) is 2. The maximum Gasteiger partial charge on any atom is 0.257 e. The lowest BCUT2D eigenvalue weighted by atomic mass is 10.3. The van der Waals surface area contributed by atoms with Gasteiger partial charge in [0.25, 0.3) is 5.70 Å². The lowest BCUT2D eigenvalue weighted by Crippen LogP contribution is -1.96. The van der Waals surface area contributed by atoms with Crippen molar-refractivity contribution in [3.8, 4) is 0 Å². The highest BCUT2D eigenvalue weighted by Crippen LogP contribution is 2.05. The molecule has 0 aromatic carbocycles. The second-order valence-electron chi connectivity index (χ2n) is 1.61. The average Bonchev–Trinajstić information content (AvgIpc) is 1.82. The van der Waals surface area contributed by atoms with E-state index >= 15 is 0 Å². The lowest BCUT2D eigenvalue weighted by molar-refractivity contribution is -0.427. The quantitative estimate of drug-likeness (QED) is 0.456. The Hall–Kier alpha value is -0.570. The van der Waals surface area contributed by atoms with Gasteiger partial charge in [-0.15, -0.1) is 0 Å².